The predicted octanol–water partition coefficient (Wildman–Crippen LogP) is 2.59. The van der Waals surface area contributed by atoms with Gasteiger partial charge in [0.15, 0.2) is 0 Å². The van der Waals surface area contributed by atoms with Crippen LogP contribution in [0.2, 0.25) is 0 Å². The summed E-state index contributed by atoms with van der Waals surface area (Å²) >= 11 is 0. The number of hydrogen-bond donors (Lipinski definition) is 1. The Kier molecular flexibility index (Phi) is 4.67. The largest absolute Gasteiger partial charge is 0.385 e. The summed E-state index contributed by atoms with van der Waals surface area (Å²) in [5, 5.41) is 3.34. The molecule has 4 heteroatoms. The summed E-state index contributed by atoms with van der Waals surface area (Å²) in [7, 11) is 1.71. The number of methoxy groups -OCH3 is 1. The summed E-state index contributed by atoms with van der Waals surface area (Å²) in [5.74, 6) is 0. The fourth-order valence-corrected chi connectivity index (χ4v) is 1.64. The number of nitrogens with zero attached hydrogens (tertiary/aromatic N) is 2. The van der Waals surface area contributed by atoms with Gasteiger partial charge in [-0.25, -0.2) is 0 Å². The summed E-state index contributed by atoms with van der Waals surface area (Å²) in [6, 6.07) is 9.78. The van der Waals surface area contributed by atoms with Crippen molar-refractivity contribution in [2.75, 3.05) is 25.6 Å². The number of pyridine rings is 2. The number of ether oxygens (including phenoxy) is 1. The Morgan fingerprint density at radius 3 is 2.78 bits per heavy atom. The zero-order valence-electron chi connectivity index (χ0n) is 10.5. The van der Waals surface area contributed by atoms with Gasteiger partial charge in [0, 0.05) is 38.3 Å². The van der Waals surface area contributed by atoms with E-state index in [1.807, 2.05) is 30.3 Å². The molecule has 0 radical (unpaired) electrons. The third-order valence-corrected chi connectivity index (χ3v) is 2.54. The van der Waals surface area contributed by atoms with Crippen LogP contribution in [0.3, 0.4) is 0 Å². The van der Waals surface area contributed by atoms with E-state index in [1.54, 1.807) is 19.5 Å². The molecule has 2 aromatic rings. The predicted molar refractivity (Wildman–Crippen MR) is 72.5 cm³/mol. The average Bonchev–Trinajstić information content (AvgIpc) is 2.45. The zero-order chi connectivity index (χ0) is 12.6. The summed E-state index contributed by atoms with van der Waals surface area (Å²) in [6.45, 7) is 1.66. The highest BCUT2D eigenvalue weighted by Gasteiger charge is 2.00. The topological polar surface area (TPSA) is 47.0 Å². The van der Waals surface area contributed by atoms with Crippen LogP contribution < -0.4 is 5.32 Å². The first kappa shape index (κ1) is 12.5. The number of anilines is 1. The highest BCUT2D eigenvalue weighted by molar-refractivity contribution is 5.60. The average molecular weight is 243 g/mol. The Morgan fingerprint density at radius 2 is 2.00 bits per heavy atom. The smallest absolute Gasteiger partial charge is 0.0906 e. The molecule has 0 amide bonds. The van der Waals surface area contributed by atoms with Crippen LogP contribution in [0.25, 0.3) is 11.4 Å². The lowest BCUT2D eigenvalue weighted by Crippen LogP contribution is -2.04. The van der Waals surface area contributed by atoms with Crippen LogP contribution in [0.4, 0.5) is 5.69 Å². The van der Waals surface area contributed by atoms with Crippen molar-refractivity contribution >= 4 is 5.69 Å². The van der Waals surface area contributed by atoms with Gasteiger partial charge in [-0.15, -0.1) is 0 Å². The van der Waals surface area contributed by atoms with E-state index in [2.05, 4.69) is 15.3 Å². The molecular weight excluding hydrogens is 226 g/mol. The van der Waals surface area contributed by atoms with Crippen LogP contribution in [0.5, 0.6) is 0 Å². The molecular formula is C14H17N3O. The lowest BCUT2D eigenvalue weighted by atomic mass is 10.2. The summed E-state index contributed by atoms with van der Waals surface area (Å²) in [6.07, 6.45) is 4.55. The number of rotatable bonds is 6. The van der Waals surface area contributed by atoms with Gasteiger partial charge in [0.25, 0.3) is 0 Å². The van der Waals surface area contributed by atoms with Gasteiger partial charge in [-0.3, -0.25) is 9.97 Å². The molecule has 2 aromatic heterocycles. The molecule has 0 saturated carbocycles. The van der Waals surface area contributed by atoms with Gasteiger partial charge in [0.1, 0.15) is 0 Å². The normalized spacial score (nSPS) is 10.3. The maximum atomic E-state index is 5.01. The molecule has 0 aromatic carbocycles. The van der Waals surface area contributed by atoms with Crippen LogP contribution in [0.15, 0.2) is 42.7 Å². The minimum absolute atomic E-state index is 0.769. The first-order valence-electron chi connectivity index (χ1n) is 6.00. The Hall–Kier alpha value is -1.94. The third-order valence-electron chi connectivity index (χ3n) is 2.54. The van der Waals surface area contributed by atoms with Crippen molar-refractivity contribution in [1.29, 1.82) is 0 Å². The second-order valence-electron chi connectivity index (χ2n) is 3.92. The van der Waals surface area contributed by atoms with Gasteiger partial charge in [0.2, 0.25) is 0 Å². The Labute approximate surface area is 107 Å². The van der Waals surface area contributed by atoms with Crippen molar-refractivity contribution in [3.05, 3.63) is 42.7 Å². The molecule has 0 saturated heterocycles. The molecule has 1 N–H and O–H groups in total. The molecule has 0 aliphatic rings. The standard InChI is InChI=1S/C14H17N3O/c1-18-10-4-8-15-12-6-9-17-14(11-12)13-5-2-3-7-16-13/h2-3,5-7,9,11H,4,8,10H2,1H3,(H,15,17). The van der Waals surface area contributed by atoms with Gasteiger partial charge in [-0.2, -0.15) is 0 Å². The van der Waals surface area contributed by atoms with Crippen LogP contribution in [0.1, 0.15) is 6.42 Å². The molecule has 0 aliphatic heterocycles. The lowest BCUT2D eigenvalue weighted by Gasteiger charge is -2.07. The van der Waals surface area contributed by atoms with E-state index in [-0.39, 0.29) is 0 Å². The minimum Gasteiger partial charge on any atom is -0.385 e. The minimum atomic E-state index is 0.769. The Balaban J connectivity index is 2.02. The SMILES string of the molecule is COCCCNc1ccnc(-c2ccccn2)c1. The van der Waals surface area contributed by atoms with Crippen LogP contribution >= 0.6 is 0 Å². The van der Waals surface area contributed by atoms with E-state index < -0.39 is 0 Å². The van der Waals surface area contributed by atoms with Crippen LogP contribution in [0, 0.1) is 0 Å². The highest BCUT2D eigenvalue weighted by atomic mass is 16.5. The van der Waals surface area contributed by atoms with Crippen LogP contribution in [-0.4, -0.2) is 30.2 Å². The molecule has 0 spiro atoms. The first-order chi connectivity index (χ1) is 8.90. The Morgan fingerprint density at radius 1 is 1.11 bits per heavy atom. The lowest BCUT2D eigenvalue weighted by molar-refractivity contribution is 0.198. The van der Waals surface area contributed by atoms with Gasteiger partial charge in [-0.05, 0) is 30.7 Å². The first-order valence-corrected chi connectivity index (χ1v) is 6.00. The zero-order valence-corrected chi connectivity index (χ0v) is 10.5. The summed E-state index contributed by atoms with van der Waals surface area (Å²) in [5.41, 5.74) is 2.83. The monoisotopic (exact) mass is 243 g/mol. The van der Waals surface area contributed by atoms with Crippen molar-refractivity contribution in [2.24, 2.45) is 0 Å². The van der Waals surface area contributed by atoms with Crippen molar-refractivity contribution in [2.45, 2.75) is 6.42 Å². The molecule has 0 fully saturated rings. The number of nitrogens with one attached hydrogen (secondary N) is 1. The van der Waals surface area contributed by atoms with Crippen molar-refractivity contribution < 1.29 is 4.74 Å². The Bertz CT molecular complexity index is 473. The third kappa shape index (κ3) is 3.53. The van der Waals surface area contributed by atoms with Crippen molar-refractivity contribution in [3.63, 3.8) is 0 Å². The summed E-state index contributed by atoms with van der Waals surface area (Å²) in [4.78, 5) is 8.62. The van der Waals surface area contributed by atoms with E-state index in [4.69, 9.17) is 4.74 Å². The van der Waals surface area contributed by atoms with Gasteiger partial charge in [0.05, 0.1) is 11.4 Å². The highest BCUT2D eigenvalue weighted by Crippen LogP contribution is 2.17. The van der Waals surface area contributed by atoms with Gasteiger partial charge < -0.3 is 10.1 Å². The van der Waals surface area contributed by atoms with E-state index >= 15 is 0 Å². The van der Waals surface area contributed by atoms with Gasteiger partial charge in [-0.1, -0.05) is 6.07 Å². The number of aromatic nitrogens is 2. The van der Waals surface area contributed by atoms with Crippen molar-refractivity contribution in [1.82, 2.24) is 9.97 Å². The fourth-order valence-electron chi connectivity index (χ4n) is 1.64. The molecule has 18 heavy (non-hydrogen) atoms. The molecule has 0 unspecified atom stereocenters. The molecule has 2 rings (SSSR count). The van der Waals surface area contributed by atoms with Gasteiger partial charge >= 0.3 is 0 Å². The molecule has 94 valence electrons. The van der Waals surface area contributed by atoms with Crippen LogP contribution in [-0.2, 0) is 4.74 Å². The quantitative estimate of drug-likeness (QED) is 0.792. The van der Waals surface area contributed by atoms with E-state index in [0.717, 1.165) is 36.6 Å². The maximum absolute atomic E-state index is 5.01. The van der Waals surface area contributed by atoms with E-state index in [9.17, 15) is 0 Å². The molecule has 0 aliphatic carbocycles. The number of hydrogen-bond acceptors (Lipinski definition) is 4. The molecule has 2 heterocycles. The second kappa shape index (κ2) is 6.71. The second-order valence-corrected chi connectivity index (χ2v) is 3.92. The molecule has 4 nitrogen and oxygen atoms in total. The molecule has 0 atom stereocenters. The van der Waals surface area contributed by atoms with E-state index in [1.165, 1.54) is 0 Å². The molecule has 0 bridgehead atoms. The fraction of sp³-hybridized carbons (Fsp3) is 0.286. The van der Waals surface area contributed by atoms with E-state index in [0.29, 0.717) is 0 Å². The van der Waals surface area contributed by atoms with Crippen molar-refractivity contribution in [3.8, 4) is 11.4 Å². The maximum Gasteiger partial charge on any atom is 0.0906 e. The summed E-state index contributed by atoms with van der Waals surface area (Å²) < 4.78 is 5.01.